The summed E-state index contributed by atoms with van der Waals surface area (Å²) in [6.45, 7) is 3.92. The average Bonchev–Trinajstić information content (AvgIpc) is 2.22. The molecule has 0 amide bonds. The van der Waals surface area contributed by atoms with E-state index < -0.39 is 17.3 Å². The molecule has 0 aliphatic heterocycles. The maximum Gasteiger partial charge on any atom is 0.342 e. The smallest absolute Gasteiger partial charge is 0.342 e. The number of rotatable bonds is 5. The molecule has 1 aromatic carbocycles. The Hall–Kier alpha value is -1.78. The van der Waals surface area contributed by atoms with Crippen LogP contribution in [-0.2, 0) is 0 Å². The van der Waals surface area contributed by atoms with Crippen LogP contribution in [0.3, 0.4) is 0 Å². The molecule has 1 aromatic rings. The van der Waals surface area contributed by atoms with Crippen molar-refractivity contribution in [2.45, 2.75) is 13.8 Å². The second-order valence-corrected chi connectivity index (χ2v) is 2.92. The topological polar surface area (TPSA) is 55.8 Å². The van der Waals surface area contributed by atoms with Crippen LogP contribution < -0.4 is 9.47 Å². The number of hydrogen-bond donors (Lipinski definition) is 1. The van der Waals surface area contributed by atoms with Crippen molar-refractivity contribution in [3.05, 3.63) is 23.5 Å². The maximum atomic E-state index is 13.7. The van der Waals surface area contributed by atoms with E-state index >= 15 is 0 Å². The first-order valence-corrected chi connectivity index (χ1v) is 4.93. The SMILES string of the molecule is CCOc1ccc(OCC)c(C(=O)O)c1F. The Morgan fingerprint density at radius 2 is 1.75 bits per heavy atom. The van der Waals surface area contributed by atoms with Gasteiger partial charge in [0.05, 0.1) is 13.2 Å². The lowest BCUT2D eigenvalue weighted by atomic mass is 10.1. The minimum Gasteiger partial charge on any atom is -0.493 e. The summed E-state index contributed by atoms with van der Waals surface area (Å²) in [7, 11) is 0. The highest BCUT2D eigenvalue weighted by molar-refractivity contribution is 5.91. The summed E-state index contributed by atoms with van der Waals surface area (Å²) in [6.07, 6.45) is 0. The van der Waals surface area contributed by atoms with E-state index in [4.69, 9.17) is 14.6 Å². The van der Waals surface area contributed by atoms with Gasteiger partial charge in [-0.1, -0.05) is 0 Å². The van der Waals surface area contributed by atoms with Crippen LogP contribution in [0.2, 0.25) is 0 Å². The standard InChI is InChI=1S/C11H13FO4/c1-3-15-7-5-6-8(16-4-2)10(12)9(7)11(13)14/h5-6H,3-4H2,1-2H3,(H,13,14). The third-order valence-corrected chi connectivity index (χ3v) is 1.88. The number of carbonyl (C=O) groups is 1. The van der Waals surface area contributed by atoms with Crippen molar-refractivity contribution in [1.29, 1.82) is 0 Å². The molecular weight excluding hydrogens is 215 g/mol. The number of carboxylic acid groups (broad SMARTS) is 1. The molecule has 0 aromatic heterocycles. The molecule has 5 heteroatoms. The average molecular weight is 228 g/mol. The highest BCUT2D eigenvalue weighted by Crippen LogP contribution is 2.29. The summed E-state index contributed by atoms with van der Waals surface area (Å²) in [5, 5.41) is 8.89. The Morgan fingerprint density at radius 1 is 1.25 bits per heavy atom. The van der Waals surface area contributed by atoms with Gasteiger partial charge in [-0.15, -0.1) is 0 Å². The van der Waals surface area contributed by atoms with Crippen molar-refractivity contribution in [3.8, 4) is 11.5 Å². The number of halogens is 1. The lowest BCUT2D eigenvalue weighted by molar-refractivity contribution is 0.0686. The number of hydrogen-bond acceptors (Lipinski definition) is 3. The van der Waals surface area contributed by atoms with E-state index in [1.165, 1.54) is 12.1 Å². The molecule has 0 aliphatic rings. The van der Waals surface area contributed by atoms with Crippen molar-refractivity contribution in [3.63, 3.8) is 0 Å². The molecule has 16 heavy (non-hydrogen) atoms. The highest BCUT2D eigenvalue weighted by Gasteiger charge is 2.21. The number of aromatic carboxylic acids is 1. The van der Waals surface area contributed by atoms with Gasteiger partial charge in [0.15, 0.2) is 11.6 Å². The van der Waals surface area contributed by atoms with Crippen molar-refractivity contribution < 1.29 is 23.8 Å². The highest BCUT2D eigenvalue weighted by atomic mass is 19.1. The van der Waals surface area contributed by atoms with Crippen LogP contribution in [0.15, 0.2) is 12.1 Å². The van der Waals surface area contributed by atoms with E-state index in [1.54, 1.807) is 13.8 Å². The summed E-state index contributed by atoms with van der Waals surface area (Å²) in [5.41, 5.74) is -0.493. The van der Waals surface area contributed by atoms with E-state index in [0.717, 1.165) is 0 Å². The summed E-state index contributed by atoms with van der Waals surface area (Å²) in [4.78, 5) is 10.9. The Balaban J connectivity index is 3.24. The van der Waals surface area contributed by atoms with Crippen LogP contribution in [0.5, 0.6) is 11.5 Å². The molecule has 1 N–H and O–H groups in total. The molecule has 0 bridgehead atoms. The molecule has 0 heterocycles. The second kappa shape index (κ2) is 5.34. The van der Waals surface area contributed by atoms with E-state index in [2.05, 4.69) is 0 Å². The predicted molar refractivity (Wildman–Crippen MR) is 55.7 cm³/mol. The van der Waals surface area contributed by atoms with Gasteiger partial charge in [-0.3, -0.25) is 0 Å². The second-order valence-electron chi connectivity index (χ2n) is 2.92. The first-order chi connectivity index (χ1) is 7.61. The van der Waals surface area contributed by atoms with Crippen molar-refractivity contribution in [2.75, 3.05) is 13.2 Å². The van der Waals surface area contributed by atoms with Gasteiger partial charge in [-0.05, 0) is 26.0 Å². The van der Waals surface area contributed by atoms with Crippen LogP contribution >= 0.6 is 0 Å². The van der Waals surface area contributed by atoms with Gasteiger partial charge in [0, 0.05) is 0 Å². The fourth-order valence-electron chi connectivity index (χ4n) is 1.28. The monoisotopic (exact) mass is 228 g/mol. The fraction of sp³-hybridized carbons (Fsp3) is 0.364. The van der Waals surface area contributed by atoms with Crippen molar-refractivity contribution in [2.24, 2.45) is 0 Å². The van der Waals surface area contributed by atoms with Gasteiger partial charge >= 0.3 is 5.97 Å². The van der Waals surface area contributed by atoms with Crippen LogP contribution in [-0.4, -0.2) is 24.3 Å². The van der Waals surface area contributed by atoms with E-state index in [0.29, 0.717) is 0 Å². The van der Waals surface area contributed by atoms with Gasteiger partial charge < -0.3 is 14.6 Å². The lowest BCUT2D eigenvalue weighted by Gasteiger charge is -2.11. The Labute approximate surface area is 92.6 Å². The molecule has 0 saturated heterocycles. The third-order valence-electron chi connectivity index (χ3n) is 1.88. The summed E-state index contributed by atoms with van der Waals surface area (Å²) in [5.74, 6) is -2.35. The first kappa shape index (κ1) is 12.3. The molecule has 0 fully saturated rings. The van der Waals surface area contributed by atoms with Crippen LogP contribution in [0.1, 0.15) is 24.2 Å². The molecule has 0 spiro atoms. The van der Waals surface area contributed by atoms with Gasteiger partial charge in [-0.2, -0.15) is 0 Å². The Morgan fingerprint density at radius 3 is 2.25 bits per heavy atom. The molecule has 0 unspecified atom stereocenters. The molecule has 0 saturated carbocycles. The molecular formula is C11H13FO4. The zero-order chi connectivity index (χ0) is 12.1. The quantitative estimate of drug-likeness (QED) is 0.840. The molecule has 0 aliphatic carbocycles. The molecule has 1 rings (SSSR count). The summed E-state index contributed by atoms with van der Waals surface area (Å²) >= 11 is 0. The predicted octanol–water partition coefficient (Wildman–Crippen LogP) is 2.32. The van der Waals surface area contributed by atoms with Gasteiger partial charge in [-0.25, -0.2) is 9.18 Å². The largest absolute Gasteiger partial charge is 0.493 e. The normalized spacial score (nSPS) is 9.94. The molecule has 4 nitrogen and oxygen atoms in total. The Kier molecular flexibility index (Phi) is 4.10. The molecule has 88 valence electrons. The summed E-state index contributed by atoms with van der Waals surface area (Å²) < 4.78 is 23.7. The minimum absolute atomic E-state index is 0.0101. The van der Waals surface area contributed by atoms with E-state index in [1.807, 2.05) is 0 Å². The van der Waals surface area contributed by atoms with Crippen molar-refractivity contribution in [1.82, 2.24) is 0 Å². The number of ether oxygens (including phenoxy) is 2. The Bertz CT molecular complexity index is 390. The van der Waals surface area contributed by atoms with E-state index in [-0.39, 0.29) is 24.7 Å². The fourth-order valence-corrected chi connectivity index (χ4v) is 1.28. The third kappa shape index (κ3) is 2.42. The van der Waals surface area contributed by atoms with Gasteiger partial charge in [0.2, 0.25) is 0 Å². The number of carboxylic acids is 1. The van der Waals surface area contributed by atoms with Crippen LogP contribution in [0.25, 0.3) is 0 Å². The molecule has 0 atom stereocenters. The molecule has 0 radical (unpaired) electrons. The van der Waals surface area contributed by atoms with Crippen LogP contribution in [0.4, 0.5) is 4.39 Å². The zero-order valence-electron chi connectivity index (χ0n) is 9.12. The van der Waals surface area contributed by atoms with Gasteiger partial charge in [0.25, 0.3) is 0 Å². The number of benzene rings is 1. The maximum absolute atomic E-state index is 13.7. The van der Waals surface area contributed by atoms with Crippen LogP contribution in [0, 0.1) is 5.82 Å². The minimum atomic E-state index is -1.37. The zero-order valence-corrected chi connectivity index (χ0v) is 9.12. The van der Waals surface area contributed by atoms with Crippen molar-refractivity contribution >= 4 is 5.97 Å². The summed E-state index contributed by atoms with van der Waals surface area (Å²) in [6, 6.07) is 2.75. The lowest BCUT2D eigenvalue weighted by Crippen LogP contribution is -2.08. The first-order valence-electron chi connectivity index (χ1n) is 4.93. The van der Waals surface area contributed by atoms with Gasteiger partial charge in [0.1, 0.15) is 11.3 Å². The van der Waals surface area contributed by atoms with E-state index in [9.17, 15) is 9.18 Å².